The summed E-state index contributed by atoms with van der Waals surface area (Å²) in [4.78, 5) is 26.9. The number of likely N-dealkylation sites (tertiary alicyclic amines) is 1. The summed E-state index contributed by atoms with van der Waals surface area (Å²) in [7, 11) is 0. The van der Waals surface area contributed by atoms with Crippen molar-refractivity contribution in [2.75, 3.05) is 26.2 Å². The number of piperidine rings is 1. The number of carbonyl (C=O) groups excluding carboxylic acids is 2. The number of benzene rings is 1. The molecule has 150 valence electrons. The van der Waals surface area contributed by atoms with Gasteiger partial charge in [0, 0.05) is 19.6 Å². The molecule has 0 saturated carbocycles. The van der Waals surface area contributed by atoms with Crippen LogP contribution >= 0.6 is 12.4 Å². The lowest BCUT2D eigenvalue weighted by molar-refractivity contribution is -0.132. The fraction of sp³-hybridized carbons (Fsp3) is 0.619. The van der Waals surface area contributed by atoms with Gasteiger partial charge in [0.1, 0.15) is 0 Å². The maximum Gasteiger partial charge on any atom is 0.237 e. The molecule has 1 aromatic rings. The molecule has 6 heteroatoms. The molecule has 0 bridgehead atoms. The molecule has 0 spiro atoms. The molecular formula is C21H32ClN3O2. The van der Waals surface area contributed by atoms with Gasteiger partial charge in [0.25, 0.3) is 0 Å². The number of carbonyl (C=O) groups is 2. The van der Waals surface area contributed by atoms with Crippen LogP contribution in [0.3, 0.4) is 0 Å². The van der Waals surface area contributed by atoms with Crippen LogP contribution in [-0.4, -0.2) is 48.9 Å². The van der Waals surface area contributed by atoms with E-state index in [1.165, 1.54) is 11.1 Å². The zero-order chi connectivity index (χ0) is 18.5. The Morgan fingerprint density at radius 1 is 1.22 bits per heavy atom. The Labute approximate surface area is 168 Å². The molecule has 1 aromatic carbocycles. The van der Waals surface area contributed by atoms with Crippen LogP contribution in [0, 0.1) is 19.8 Å². The molecule has 2 heterocycles. The van der Waals surface area contributed by atoms with Crippen LogP contribution in [0.1, 0.15) is 42.4 Å². The SMILES string of the molecule is Cc1ccc(C)c(CC(=O)N2CCCC(CNC(=O)C3CCCN3)C2)c1.Cl. The summed E-state index contributed by atoms with van der Waals surface area (Å²) in [6, 6.07) is 6.26. The molecular weight excluding hydrogens is 362 g/mol. The lowest BCUT2D eigenvalue weighted by Crippen LogP contribution is -2.47. The monoisotopic (exact) mass is 393 g/mol. The van der Waals surface area contributed by atoms with Gasteiger partial charge in [0.15, 0.2) is 0 Å². The Morgan fingerprint density at radius 3 is 2.78 bits per heavy atom. The minimum atomic E-state index is -0.0272. The number of aryl methyl sites for hydroxylation is 2. The van der Waals surface area contributed by atoms with Crippen molar-refractivity contribution >= 4 is 24.2 Å². The fourth-order valence-electron chi connectivity index (χ4n) is 4.00. The van der Waals surface area contributed by atoms with Crippen LogP contribution < -0.4 is 10.6 Å². The summed E-state index contributed by atoms with van der Waals surface area (Å²) in [5.74, 6) is 0.671. The average Bonchev–Trinajstić information content (AvgIpc) is 3.18. The van der Waals surface area contributed by atoms with Gasteiger partial charge in [0.05, 0.1) is 12.5 Å². The third kappa shape index (κ3) is 5.94. The largest absolute Gasteiger partial charge is 0.354 e. The van der Waals surface area contributed by atoms with Gasteiger partial charge in [-0.2, -0.15) is 0 Å². The summed E-state index contributed by atoms with van der Waals surface area (Å²) in [6.45, 7) is 7.31. The molecule has 27 heavy (non-hydrogen) atoms. The molecule has 2 aliphatic rings. The standard InChI is InChI=1S/C21H31N3O2.ClH/c1-15-7-8-16(2)18(11-15)12-20(25)24-10-4-5-17(14-24)13-23-21(26)19-6-3-9-22-19;/h7-8,11,17,19,22H,3-6,9-10,12-14H2,1-2H3,(H,23,26);1H. The summed E-state index contributed by atoms with van der Waals surface area (Å²) < 4.78 is 0. The number of hydrogen-bond acceptors (Lipinski definition) is 3. The predicted molar refractivity (Wildman–Crippen MR) is 110 cm³/mol. The van der Waals surface area contributed by atoms with Crippen molar-refractivity contribution in [3.05, 3.63) is 34.9 Å². The number of amides is 2. The molecule has 2 N–H and O–H groups in total. The van der Waals surface area contributed by atoms with Gasteiger partial charge in [-0.15, -0.1) is 12.4 Å². The van der Waals surface area contributed by atoms with E-state index >= 15 is 0 Å². The van der Waals surface area contributed by atoms with Gasteiger partial charge in [-0.05, 0) is 63.1 Å². The Balaban J connectivity index is 0.00000261. The first-order valence-corrected chi connectivity index (χ1v) is 9.88. The first-order chi connectivity index (χ1) is 12.5. The highest BCUT2D eigenvalue weighted by Gasteiger charge is 2.26. The summed E-state index contributed by atoms with van der Waals surface area (Å²) in [6.07, 6.45) is 4.56. The lowest BCUT2D eigenvalue weighted by Gasteiger charge is -2.33. The predicted octanol–water partition coefficient (Wildman–Crippen LogP) is 2.37. The average molecular weight is 394 g/mol. The summed E-state index contributed by atoms with van der Waals surface area (Å²) in [5, 5.41) is 6.31. The van der Waals surface area contributed by atoms with Crippen LogP contribution in [0.4, 0.5) is 0 Å². The molecule has 2 atom stereocenters. The highest BCUT2D eigenvalue weighted by Crippen LogP contribution is 2.19. The molecule has 2 aliphatic heterocycles. The van der Waals surface area contributed by atoms with Crippen molar-refractivity contribution in [1.29, 1.82) is 0 Å². The van der Waals surface area contributed by atoms with E-state index in [4.69, 9.17) is 0 Å². The zero-order valence-corrected chi connectivity index (χ0v) is 17.2. The minimum Gasteiger partial charge on any atom is -0.354 e. The highest BCUT2D eigenvalue weighted by atomic mass is 35.5. The van der Waals surface area contributed by atoms with Gasteiger partial charge < -0.3 is 15.5 Å². The third-order valence-electron chi connectivity index (χ3n) is 5.66. The molecule has 0 radical (unpaired) electrons. The van der Waals surface area contributed by atoms with Crippen LogP contribution in [0.25, 0.3) is 0 Å². The normalized spacial score (nSPS) is 22.2. The fourth-order valence-corrected chi connectivity index (χ4v) is 4.00. The molecule has 2 saturated heterocycles. The Kier molecular flexibility index (Phi) is 8.11. The molecule has 2 fully saturated rings. The number of nitrogens with zero attached hydrogens (tertiary/aromatic N) is 1. The first kappa shape index (κ1) is 21.7. The molecule has 0 aliphatic carbocycles. The van der Waals surface area contributed by atoms with Crippen molar-refractivity contribution in [1.82, 2.24) is 15.5 Å². The number of hydrogen-bond donors (Lipinski definition) is 2. The Bertz CT molecular complexity index is 659. The smallest absolute Gasteiger partial charge is 0.237 e. The van der Waals surface area contributed by atoms with Crippen LogP contribution in [0.15, 0.2) is 18.2 Å². The van der Waals surface area contributed by atoms with Crippen molar-refractivity contribution < 1.29 is 9.59 Å². The molecule has 3 rings (SSSR count). The van der Waals surface area contributed by atoms with Gasteiger partial charge >= 0.3 is 0 Å². The van der Waals surface area contributed by atoms with Gasteiger partial charge in [-0.1, -0.05) is 23.8 Å². The van der Waals surface area contributed by atoms with Gasteiger partial charge in [-0.3, -0.25) is 9.59 Å². The maximum absolute atomic E-state index is 12.8. The lowest BCUT2D eigenvalue weighted by atomic mass is 9.96. The topological polar surface area (TPSA) is 61.4 Å². The minimum absolute atomic E-state index is 0. The van der Waals surface area contributed by atoms with E-state index in [0.29, 0.717) is 18.9 Å². The zero-order valence-electron chi connectivity index (χ0n) is 16.4. The number of rotatable bonds is 5. The Hall–Kier alpha value is -1.59. The van der Waals surface area contributed by atoms with Crippen molar-refractivity contribution in [3.63, 3.8) is 0 Å². The molecule has 5 nitrogen and oxygen atoms in total. The van der Waals surface area contributed by atoms with Crippen molar-refractivity contribution in [3.8, 4) is 0 Å². The molecule has 0 aromatic heterocycles. The second kappa shape index (κ2) is 10.1. The van der Waals surface area contributed by atoms with Gasteiger partial charge in [-0.25, -0.2) is 0 Å². The number of halogens is 1. The van der Waals surface area contributed by atoms with Crippen molar-refractivity contribution in [2.24, 2.45) is 5.92 Å². The van der Waals surface area contributed by atoms with Crippen LogP contribution in [0.5, 0.6) is 0 Å². The van der Waals surface area contributed by atoms with E-state index in [9.17, 15) is 9.59 Å². The second-order valence-electron chi connectivity index (χ2n) is 7.85. The maximum atomic E-state index is 12.8. The van der Waals surface area contributed by atoms with E-state index in [1.54, 1.807) is 0 Å². The van der Waals surface area contributed by atoms with E-state index < -0.39 is 0 Å². The summed E-state index contributed by atoms with van der Waals surface area (Å²) >= 11 is 0. The molecule has 2 amide bonds. The molecule has 2 unspecified atom stereocenters. The Morgan fingerprint density at radius 2 is 2.04 bits per heavy atom. The quantitative estimate of drug-likeness (QED) is 0.807. The van der Waals surface area contributed by atoms with Crippen LogP contribution in [-0.2, 0) is 16.0 Å². The second-order valence-corrected chi connectivity index (χ2v) is 7.85. The van der Waals surface area contributed by atoms with Gasteiger partial charge in [0.2, 0.25) is 11.8 Å². The third-order valence-corrected chi connectivity index (χ3v) is 5.66. The highest BCUT2D eigenvalue weighted by molar-refractivity contribution is 5.85. The number of nitrogens with one attached hydrogen (secondary N) is 2. The first-order valence-electron chi connectivity index (χ1n) is 9.88. The van der Waals surface area contributed by atoms with Crippen molar-refractivity contribution in [2.45, 2.75) is 52.0 Å². The van der Waals surface area contributed by atoms with Crippen LogP contribution in [0.2, 0.25) is 0 Å². The van der Waals surface area contributed by atoms with E-state index in [2.05, 4.69) is 42.7 Å². The summed E-state index contributed by atoms with van der Waals surface area (Å²) in [5.41, 5.74) is 3.49. The van der Waals surface area contributed by atoms with E-state index in [1.807, 2.05) is 4.90 Å². The van der Waals surface area contributed by atoms with E-state index in [0.717, 1.165) is 50.9 Å². The van der Waals surface area contributed by atoms with E-state index in [-0.39, 0.29) is 30.3 Å².